The van der Waals surface area contributed by atoms with Crippen LogP contribution in [0.1, 0.15) is 43.7 Å². The molecule has 1 atom stereocenters. The topological polar surface area (TPSA) is 49.4 Å². The van der Waals surface area contributed by atoms with E-state index in [1.54, 1.807) is 43.3 Å². The normalized spacial score (nSPS) is 15.1. The van der Waals surface area contributed by atoms with Gasteiger partial charge in [0.05, 0.1) is 6.42 Å². The molecule has 1 N–H and O–H groups in total. The Bertz CT molecular complexity index is 893. The molecule has 2 amide bonds. The Balaban J connectivity index is 1.83. The van der Waals surface area contributed by atoms with Crippen molar-refractivity contribution in [3.05, 3.63) is 68.7 Å². The van der Waals surface area contributed by atoms with Crippen molar-refractivity contribution < 1.29 is 9.59 Å². The number of hydrogen-bond acceptors (Lipinski definition) is 2. The van der Waals surface area contributed by atoms with Gasteiger partial charge in [-0.2, -0.15) is 0 Å². The quantitative estimate of drug-likeness (QED) is 0.571. The van der Waals surface area contributed by atoms with Gasteiger partial charge in [0.25, 0.3) is 0 Å². The van der Waals surface area contributed by atoms with E-state index < -0.39 is 6.04 Å². The van der Waals surface area contributed by atoms with Gasteiger partial charge >= 0.3 is 0 Å². The minimum Gasteiger partial charge on any atom is -0.352 e. The first-order valence-electron chi connectivity index (χ1n) is 10.1. The molecule has 0 heterocycles. The highest BCUT2D eigenvalue weighted by atomic mass is 35.5. The standard InChI is InChI=1S/C23H25Cl3N2O2/c1-15(23(30)27-18-8-2-3-9-18)28(14-19-20(25)10-5-11-21(19)26)22(29)13-16-6-4-7-17(24)12-16/h4-7,10-12,15,18H,2-3,8-9,13-14H2,1H3,(H,27,30)/t15-/m1/s1. The predicted molar refractivity (Wildman–Crippen MR) is 122 cm³/mol. The number of rotatable bonds is 7. The lowest BCUT2D eigenvalue weighted by atomic mass is 10.1. The van der Waals surface area contributed by atoms with Crippen LogP contribution in [0, 0.1) is 0 Å². The molecule has 1 aliphatic carbocycles. The van der Waals surface area contributed by atoms with Crippen LogP contribution in [0.25, 0.3) is 0 Å². The van der Waals surface area contributed by atoms with Crippen molar-refractivity contribution in [2.24, 2.45) is 0 Å². The Morgan fingerprint density at radius 1 is 1.07 bits per heavy atom. The number of carbonyl (C=O) groups excluding carboxylic acids is 2. The Labute approximate surface area is 192 Å². The Hall–Kier alpha value is -1.75. The van der Waals surface area contributed by atoms with E-state index in [2.05, 4.69) is 5.32 Å². The van der Waals surface area contributed by atoms with Crippen molar-refractivity contribution in [3.8, 4) is 0 Å². The van der Waals surface area contributed by atoms with Gasteiger partial charge in [0.15, 0.2) is 0 Å². The second-order valence-electron chi connectivity index (χ2n) is 7.69. The highest BCUT2D eigenvalue weighted by Gasteiger charge is 2.29. The average Bonchev–Trinajstić information content (AvgIpc) is 3.20. The van der Waals surface area contributed by atoms with E-state index in [1.807, 2.05) is 6.07 Å². The van der Waals surface area contributed by atoms with Crippen molar-refractivity contribution in [1.29, 1.82) is 0 Å². The summed E-state index contributed by atoms with van der Waals surface area (Å²) in [7, 11) is 0. The fourth-order valence-electron chi connectivity index (χ4n) is 3.75. The maximum absolute atomic E-state index is 13.3. The lowest BCUT2D eigenvalue weighted by Crippen LogP contribution is -2.50. The fourth-order valence-corrected chi connectivity index (χ4v) is 4.48. The number of nitrogens with one attached hydrogen (secondary N) is 1. The van der Waals surface area contributed by atoms with E-state index in [1.165, 1.54) is 4.90 Å². The zero-order valence-corrected chi connectivity index (χ0v) is 19.1. The van der Waals surface area contributed by atoms with Gasteiger partial charge in [-0.15, -0.1) is 0 Å². The Morgan fingerprint density at radius 3 is 2.33 bits per heavy atom. The number of carbonyl (C=O) groups is 2. The molecule has 0 saturated heterocycles. The smallest absolute Gasteiger partial charge is 0.242 e. The van der Waals surface area contributed by atoms with Gasteiger partial charge in [-0.3, -0.25) is 9.59 Å². The molecule has 2 aromatic carbocycles. The van der Waals surface area contributed by atoms with Crippen LogP contribution >= 0.6 is 34.8 Å². The molecule has 1 saturated carbocycles. The Morgan fingerprint density at radius 2 is 1.70 bits per heavy atom. The third-order valence-electron chi connectivity index (χ3n) is 5.50. The zero-order chi connectivity index (χ0) is 21.7. The molecular formula is C23H25Cl3N2O2. The first kappa shape index (κ1) is 22.9. The average molecular weight is 468 g/mol. The highest BCUT2D eigenvalue weighted by Crippen LogP contribution is 2.27. The first-order valence-corrected chi connectivity index (χ1v) is 11.3. The number of halogens is 3. The molecule has 2 aromatic rings. The molecule has 4 nitrogen and oxygen atoms in total. The van der Waals surface area contributed by atoms with E-state index in [4.69, 9.17) is 34.8 Å². The Kier molecular flexibility index (Phi) is 8.04. The van der Waals surface area contributed by atoms with Crippen LogP contribution in [-0.4, -0.2) is 28.8 Å². The van der Waals surface area contributed by atoms with E-state index in [-0.39, 0.29) is 30.8 Å². The molecular weight excluding hydrogens is 443 g/mol. The second kappa shape index (κ2) is 10.5. The number of nitrogens with zero attached hydrogens (tertiary/aromatic N) is 1. The maximum Gasteiger partial charge on any atom is 0.242 e. The summed E-state index contributed by atoms with van der Waals surface area (Å²) in [5, 5.41) is 4.57. The van der Waals surface area contributed by atoms with Crippen LogP contribution in [0.5, 0.6) is 0 Å². The van der Waals surface area contributed by atoms with Gasteiger partial charge in [0.1, 0.15) is 6.04 Å². The molecule has 0 spiro atoms. The second-order valence-corrected chi connectivity index (χ2v) is 8.95. The maximum atomic E-state index is 13.3. The molecule has 7 heteroatoms. The predicted octanol–water partition coefficient (Wildman–Crippen LogP) is 5.67. The van der Waals surface area contributed by atoms with Gasteiger partial charge in [0.2, 0.25) is 11.8 Å². The summed E-state index contributed by atoms with van der Waals surface area (Å²) in [6.07, 6.45) is 4.32. The summed E-state index contributed by atoms with van der Waals surface area (Å²) in [4.78, 5) is 27.7. The van der Waals surface area contributed by atoms with E-state index >= 15 is 0 Å². The third-order valence-corrected chi connectivity index (χ3v) is 6.45. The summed E-state index contributed by atoms with van der Waals surface area (Å²) in [5.74, 6) is -0.355. The van der Waals surface area contributed by atoms with Crippen molar-refractivity contribution in [1.82, 2.24) is 10.2 Å². The van der Waals surface area contributed by atoms with E-state index in [0.29, 0.717) is 20.6 Å². The van der Waals surface area contributed by atoms with Crippen LogP contribution in [0.2, 0.25) is 15.1 Å². The van der Waals surface area contributed by atoms with Gasteiger partial charge < -0.3 is 10.2 Å². The molecule has 0 aromatic heterocycles. The molecule has 0 unspecified atom stereocenters. The molecule has 30 heavy (non-hydrogen) atoms. The van der Waals surface area contributed by atoms with E-state index in [9.17, 15) is 9.59 Å². The van der Waals surface area contributed by atoms with E-state index in [0.717, 1.165) is 31.2 Å². The van der Waals surface area contributed by atoms with Gasteiger partial charge in [-0.25, -0.2) is 0 Å². The summed E-state index contributed by atoms with van der Waals surface area (Å²) >= 11 is 18.7. The lowest BCUT2D eigenvalue weighted by Gasteiger charge is -2.30. The number of hydrogen-bond donors (Lipinski definition) is 1. The van der Waals surface area contributed by atoms with Crippen molar-refractivity contribution in [2.45, 2.75) is 57.7 Å². The molecule has 1 aliphatic rings. The highest BCUT2D eigenvalue weighted by molar-refractivity contribution is 6.36. The molecule has 0 bridgehead atoms. The molecule has 160 valence electrons. The van der Waals surface area contributed by atoms with Crippen LogP contribution < -0.4 is 5.32 Å². The van der Waals surface area contributed by atoms with Crippen LogP contribution in [-0.2, 0) is 22.6 Å². The zero-order valence-electron chi connectivity index (χ0n) is 16.8. The SMILES string of the molecule is C[C@H](C(=O)NC1CCCC1)N(Cc1c(Cl)cccc1Cl)C(=O)Cc1cccc(Cl)c1. The molecule has 3 rings (SSSR count). The van der Waals surface area contributed by atoms with Crippen molar-refractivity contribution in [2.75, 3.05) is 0 Å². The molecule has 1 fully saturated rings. The van der Waals surface area contributed by atoms with Crippen LogP contribution in [0.4, 0.5) is 0 Å². The minimum atomic E-state index is -0.662. The van der Waals surface area contributed by atoms with Crippen LogP contribution in [0.15, 0.2) is 42.5 Å². The third kappa shape index (κ3) is 5.90. The summed E-state index contributed by atoms with van der Waals surface area (Å²) < 4.78 is 0. The fraction of sp³-hybridized carbons (Fsp3) is 0.391. The van der Waals surface area contributed by atoms with Gasteiger partial charge in [0, 0.05) is 33.2 Å². The summed E-state index contributed by atoms with van der Waals surface area (Å²) in [6, 6.07) is 11.9. The minimum absolute atomic E-state index is 0.129. The first-order chi connectivity index (χ1) is 14.3. The summed E-state index contributed by atoms with van der Waals surface area (Å²) in [5.41, 5.74) is 1.41. The molecule has 0 radical (unpaired) electrons. The van der Waals surface area contributed by atoms with Crippen molar-refractivity contribution in [3.63, 3.8) is 0 Å². The van der Waals surface area contributed by atoms with Gasteiger partial charge in [-0.05, 0) is 49.6 Å². The lowest BCUT2D eigenvalue weighted by molar-refractivity contribution is -0.140. The molecule has 0 aliphatic heterocycles. The van der Waals surface area contributed by atoms with Gasteiger partial charge in [-0.1, -0.05) is 65.8 Å². The monoisotopic (exact) mass is 466 g/mol. The number of amides is 2. The largest absolute Gasteiger partial charge is 0.352 e. The van der Waals surface area contributed by atoms with Crippen molar-refractivity contribution >= 4 is 46.6 Å². The van der Waals surface area contributed by atoms with Crippen LogP contribution in [0.3, 0.4) is 0 Å². The number of benzene rings is 2. The summed E-state index contributed by atoms with van der Waals surface area (Å²) in [6.45, 7) is 1.89.